The number of alkyl halides is 2. The van der Waals surface area contributed by atoms with Crippen LogP contribution >= 0.6 is 23.2 Å². The number of benzene rings is 1. The van der Waals surface area contributed by atoms with Gasteiger partial charge in [-0.05, 0) is 37.0 Å². The molecule has 126 valence electrons. The second-order valence-corrected chi connectivity index (χ2v) is 9.06. The highest BCUT2D eigenvalue weighted by atomic mass is 35.5. The Labute approximate surface area is 144 Å². The first kappa shape index (κ1) is 17.0. The molecular formula is C14H16Cl2N2O4S. The number of aliphatic hydroxyl groups is 1. The van der Waals surface area contributed by atoms with E-state index in [1.54, 1.807) is 0 Å². The van der Waals surface area contributed by atoms with Gasteiger partial charge in [-0.25, -0.2) is 8.42 Å². The van der Waals surface area contributed by atoms with Crippen molar-refractivity contribution < 1.29 is 18.3 Å². The zero-order valence-corrected chi connectivity index (χ0v) is 14.5. The van der Waals surface area contributed by atoms with E-state index in [9.17, 15) is 18.3 Å². The van der Waals surface area contributed by atoms with Gasteiger partial charge in [-0.15, -0.1) is 0 Å². The minimum atomic E-state index is -3.73. The van der Waals surface area contributed by atoms with Gasteiger partial charge in [0.25, 0.3) is 5.91 Å². The Bertz CT molecular complexity index is 751. The number of halogens is 2. The van der Waals surface area contributed by atoms with E-state index in [0.717, 1.165) is 6.42 Å². The molecule has 1 aromatic carbocycles. The summed E-state index contributed by atoms with van der Waals surface area (Å²) in [7, 11) is -3.73. The number of carbonyl (C=O) groups excluding carboxylic acids is 1. The summed E-state index contributed by atoms with van der Waals surface area (Å²) in [5.41, 5.74) is 0.647. The SMILES string of the molecule is O=C1Nc2ccc(S(=O)(=O)N3CCCC(CO)C3)cc2C1(Cl)Cl. The number of fused-ring (bicyclic) bond motifs is 1. The highest BCUT2D eigenvalue weighted by Gasteiger charge is 2.44. The molecule has 0 aliphatic carbocycles. The Morgan fingerprint density at radius 1 is 1.39 bits per heavy atom. The lowest BCUT2D eigenvalue weighted by Crippen LogP contribution is -2.40. The fourth-order valence-corrected chi connectivity index (χ4v) is 4.91. The summed E-state index contributed by atoms with van der Waals surface area (Å²) in [6.07, 6.45) is 1.50. The molecule has 1 aromatic rings. The number of nitrogens with zero attached hydrogens (tertiary/aromatic N) is 1. The van der Waals surface area contributed by atoms with Crippen LogP contribution in [0, 0.1) is 5.92 Å². The number of sulfonamides is 1. The van der Waals surface area contributed by atoms with Gasteiger partial charge in [0.05, 0.1) is 4.90 Å². The minimum absolute atomic E-state index is 0.0389. The Balaban J connectivity index is 1.96. The van der Waals surface area contributed by atoms with E-state index < -0.39 is 20.3 Å². The van der Waals surface area contributed by atoms with Gasteiger partial charge in [0.15, 0.2) is 0 Å². The lowest BCUT2D eigenvalue weighted by atomic mass is 10.0. The molecule has 1 atom stereocenters. The zero-order chi connectivity index (χ0) is 16.8. The second-order valence-electron chi connectivity index (χ2n) is 5.79. The predicted octanol–water partition coefficient (Wildman–Crippen LogP) is 1.66. The first-order valence-electron chi connectivity index (χ1n) is 7.21. The van der Waals surface area contributed by atoms with Crippen molar-refractivity contribution in [2.24, 2.45) is 5.92 Å². The third-order valence-corrected chi connectivity index (χ3v) is 6.85. The highest BCUT2D eigenvalue weighted by molar-refractivity contribution is 7.89. The van der Waals surface area contributed by atoms with Crippen LogP contribution in [-0.2, 0) is 19.2 Å². The summed E-state index contributed by atoms with van der Waals surface area (Å²) < 4.78 is 25.1. The minimum Gasteiger partial charge on any atom is -0.396 e. The monoisotopic (exact) mass is 378 g/mol. The number of hydrogen-bond donors (Lipinski definition) is 2. The lowest BCUT2D eigenvalue weighted by molar-refractivity contribution is -0.116. The molecule has 23 heavy (non-hydrogen) atoms. The normalized spacial score (nSPS) is 24.3. The number of aliphatic hydroxyl groups excluding tert-OH is 1. The summed E-state index contributed by atoms with van der Waals surface area (Å²) in [5, 5.41) is 11.8. The van der Waals surface area contributed by atoms with Crippen LogP contribution in [0.25, 0.3) is 0 Å². The van der Waals surface area contributed by atoms with Gasteiger partial charge in [-0.1, -0.05) is 23.2 Å². The van der Waals surface area contributed by atoms with Gasteiger partial charge in [0.1, 0.15) is 0 Å². The molecule has 9 heteroatoms. The number of nitrogens with one attached hydrogen (secondary N) is 1. The van der Waals surface area contributed by atoms with E-state index in [1.807, 2.05) is 0 Å². The fraction of sp³-hybridized carbons (Fsp3) is 0.500. The fourth-order valence-electron chi connectivity index (χ4n) is 2.92. The molecule has 0 saturated carbocycles. The van der Waals surface area contributed by atoms with E-state index >= 15 is 0 Å². The molecular weight excluding hydrogens is 363 g/mol. The average molecular weight is 379 g/mol. The van der Waals surface area contributed by atoms with Crippen molar-refractivity contribution in [3.8, 4) is 0 Å². The van der Waals surface area contributed by atoms with Crippen LogP contribution in [0.15, 0.2) is 23.1 Å². The predicted molar refractivity (Wildman–Crippen MR) is 87.0 cm³/mol. The summed E-state index contributed by atoms with van der Waals surface area (Å²) in [6.45, 7) is 0.640. The van der Waals surface area contributed by atoms with Crippen LogP contribution in [0.3, 0.4) is 0 Å². The van der Waals surface area contributed by atoms with Crippen LogP contribution in [0.1, 0.15) is 18.4 Å². The maximum absolute atomic E-state index is 12.8. The van der Waals surface area contributed by atoms with Gasteiger partial charge in [-0.2, -0.15) is 4.31 Å². The topological polar surface area (TPSA) is 86.7 Å². The number of rotatable bonds is 3. The van der Waals surface area contributed by atoms with Crippen molar-refractivity contribution in [2.45, 2.75) is 22.1 Å². The van der Waals surface area contributed by atoms with Crippen molar-refractivity contribution in [1.82, 2.24) is 4.31 Å². The summed E-state index contributed by atoms with van der Waals surface area (Å²) >= 11 is 12.0. The molecule has 1 amide bonds. The Kier molecular flexibility index (Phi) is 4.35. The lowest BCUT2D eigenvalue weighted by Gasteiger charge is -2.31. The molecule has 2 aliphatic rings. The van der Waals surface area contributed by atoms with Crippen molar-refractivity contribution >= 4 is 44.8 Å². The van der Waals surface area contributed by atoms with Gasteiger partial charge in [-0.3, -0.25) is 4.79 Å². The summed E-state index contributed by atoms with van der Waals surface area (Å²) in [4.78, 5) is 11.8. The molecule has 1 saturated heterocycles. The highest BCUT2D eigenvalue weighted by Crippen LogP contribution is 2.45. The number of amides is 1. The standard InChI is InChI=1S/C14H16Cl2N2O4S/c15-14(16)11-6-10(3-4-12(11)17-13(14)20)23(21,22)18-5-1-2-9(7-18)8-19/h3-4,6,9,19H,1-2,5,7-8H2,(H,17,20). The van der Waals surface area contributed by atoms with E-state index in [4.69, 9.17) is 23.2 Å². The van der Waals surface area contributed by atoms with Crippen LogP contribution in [-0.4, -0.2) is 43.4 Å². The van der Waals surface area contributed by atoms with E-state index in [1.165, 1.54) is 22.5 Å². The second kappa shape index (κ2) is 5.89. The summed E-state index contributed by atoms with van der Waals surface area (Å²) in [5.74, 6) is -0.653. The third-order valence-electron chi connectivity index (χ3n) is 4.24. The average Bonchev–Trinajstić information content (AvgIpc) is 2.77. The number of anilines is 1. The van der Waals surface area contributed by atoms with Gasteiger partial charge in [0.2, 0.25) is 14.4 Å². The Morgan fingerprint density at radius 2 is 2.13 bits per heavy atom. The zero-order valence-electron chi connectivity index (χ0n) is 12.1. The molecule has 0 bridgehead atoms. The smallest absolute Gasteiger partial charge is 0.265 e. The summed E-state index contributed by atoms with van der Waals surface area (Å²) in [6, 6.07) is 4.25. The van der Waals surface area contributed by atoms with E-state index in [0.29, 0.717) is 18.7 Å². The van der Waals surface area contributed by atoms with Gasteiger partial charge >= 0.3 is 0 Å². The molecule has 6 nitrogen and oxygen atoms in total. The Hall–Kier alpha value is -0.860. The molecule has 3 rings (SSSR count). The molecule has 0 radical (unpaired) electrons. The van der Waals surface area contributed by atoms with Crippen LogP contribution < -0.4 is 5.32 Å². The molecule has 1 unspecified atom stereocenters. The third kappa shape index (κ3) is 2.85. The van der Waals surface area contributed by atoms with Gasteiger partial charge < -0.3 is 10.4 Å². The molecule has 1 fully saturated rings. The van der Waals surface area contributed by atoms with Crippen molar-refractivity contribution in [3.63, 3.8) is 0 Å². The van der Waals surface area contributed by atoms with E-state index in [2.05, 4.69) is 5.32 Å². The molecule has 0 spiro atoms. The molecule has 2 heterocycles. The molecule has 0 aromatic heterocycles. The Morgan fingerprint density at radius 3 is 2.83 bits per heavy atom. The largest absolute Gasteiger partial charge is 0.396 e. The van der Waals surface area contributed by atoms with Crippen LogP contribution in [0.5, 0.6) is 0 Å². The maximum atomic E-state index is 12.8. The molecule has 2 aliphatic heterocycles. The quantitative estimate of drug-likeness (QED) is 0.783. The van der Waals surface area contributed by atoms with Crippen LogP contribution in [0.2, 0.25) is 0 Å². The van der Waals surface area contributed by atoms with Crippen molar-refractivity contribution in [3.05, 3.63) is 23.8 Å². The van der Waals surface area contributed by atoms with E-state index in [-0.39, 0.29) is 29.5 Å². The van der Waals surface area contributed by atoms with Gasteiger partial charge in [0, 0.05) is 30.9 Å². The molecule has 2 N–H and O–H groups in total. The first-order chi connectivity index (χ1) is 10.8. The first-order valence-corrected chi connectivity index (χ1v) is 9.41. The van der Waals surface area contributed by atoms with Crippen LogP contribution in [0.4, 0.5) is 5.69 Å². The van der Waals surface area contributed by atoms with Crippen molar-refractivity contribution in [1.29, 1.82) is 0 Å². The maximum Gasteiger partial charge on any atom is 0.265 e. The number of carbonyl (C=O) groups is 1. The number of hydrogen-bond acceptors (Lipinski definition) is 4. The number of piperidine rings is 1. The van der Waals surface area contributed by atoms with Crippen molar-refractivity contribution in [2.75, 3.05) is 25.0 Å².